The zero-order chi connectivity index (χ0) is 87.6. The maximum Gasteiger partial charge on any atom is 0.0688 e. The van der Waals surface area contributed by atoms with E-state index in [9.17, 15) is 0 Å². The molecule has 0 saturated carbocycles. The Morgan fingerprint density at radius 2 is 0.548 bits per heavy atom. The van der Waals surface area contributed by atoms with Crippen LogP contribution in [0.15, 0.2) is 229 Å². The molecule has 0 spiro atoms. The summed E-state index contributed by atoms with van der Waals surface area (Å²) in [5.41, 5.74) is 39.1. The Hall–Kier alpha value is -9.32. The third kappa shape index (κ3) is 13.7. The molecule has 6 aliphatic rings. The summed E-state index contributed by atoms with van der Waals surface area (Å²) in [4.78, 5) is 9.61. The van der Waals surface area contributed by atoms with Gasteiger partial charge < -0.3 is 40.0 Å². The van der Waals surface area contributed by atoms with E-state index in [0.29, 0.717) is 0 Å². The Bertz CT molecular complexity index is 6010. The average molecular weight is 2000 g/mol. The van der Waals surface area contributed by atoms with Crippen molar-refractivity contribution in [2.24, 2.45) is 0 Å². The maximum atomic E-state index is 4.98. The summed E-state index contributed by atoms with van der Waals surface area (Å²) in [7, 11) is 4.34. The molecule has 0 atom stereocenters. The average Bonchev–Trinajstić information content (AvgIpc) is 1.53. The maximum absolute atomic E-state index is 4.98. The Kier molecular flexibility index (Phi) is 21.8. The van der Waals surface area contributed by atoms with Gasteiger partial charge in [0.1, 0.15) is 0 Å². The first-order valence-electron chi connectivity index (χ1n) is 44.3. The van der Waals surface area contributed by atoms with Crippen LogP contribution in [-0.4, -0.2) is 43.9 Å². The number of allylic oxidation sites excluding steroid dienone is 4. The Balaban J connectivity index is 0.000000189. The molecule has 12 aromatic rings. The topological polar surface area (TPSA) is 66.9 Å². The molecule has 0 saturated heterocycles. The van der Waals surface area contributed by atoms with Gasteiger partial charge in [0.05, 0.1) is 16.4 Å². The molecule has 10 aromatic carbocycles. The van der Waals surface area contributed by atoms with Crippen LogP contribution in [-0.2, 0) is 107 Å². The van der Waals surface area contributed by atoms with Crippen LogP contribution < -0.4 is 10.2 Å². The minimum absolute atomic E-state index is 0. The number of nitrogens with zero attached hydrogens (tertiary/aromatic N) is 8. The first kappa shape index (κ1) is 89.5. The van der Waals surface area contributed by atoms with Gasteiger partial charge in [0.15, 0.2) is 0 Å². The molecule has 124 heavy (non-hydrogen) atoms. The minimum atomic E-state index is -0.756. The summed E-state index contributed by atoms with van der Waals surface area (Å²) in [5.74, 6) is 0. The molecule has 18 rings (SSSR count). The molecule has 648 valence electrons. The number of rotatable bonds is 8. The molecular formula is C114H126N8Pt2-6. The van der Waals surface area contributed by atoms with E-state index in [4.69, 9.17) is 10.2 Å². The van der Waals surface area contributed by atoms with Crippen molar-refractivity contribution in [1.82, 2.24) is 40.0 Å². The molecule has 4 aliphatic carbocycles. The SMILES string of the molecule is CC1=C(C)N(C2(c3[c-]c(C4(c5cc[n-]n5)c5ccc(C(C)(C)C)cc5-c5cc(C(C)(C)C)ccc54)ccc3)c3ccc(C(C)(C)C)cc3-c3cc(C(C)(C)C)ccc32)[CH-]N1C.CC1=C(C)N(C2(c3c[c-]c(C4(c5cc[n-]n5)c5ccc(C(C)(C)C)cc5-c5cc(C(C)(C)C)ccc54)cc3)c3ccc(C(C)(C)C)cc3-c3cc(C(C)(C)C)ccc32)[CH-]N1C.[Pt].[Pt]. The van der Waals surface area contributed by atoms with Gasteiger partial charge in [0, 0.05) is 59.1 Å². The second-order valence-electron chi connectivity index (χ2n) is 44.3. The molecule has 8 nitrogen and oxygen atoms in total. The van der Waals surface area contributed by atoms with Gasteiger partial charge in [-0.3, -0.25) is 0 Å². The summed E-state index contributed by atoms with van der Waals surface area (Å²) in [5, 5.41) is 18.9. The van der Waals surface area contributed by atoms with Crippen molar-refractivity contribution in [3.63, 3.8) is 0 Å². The Morgan fingerprint density at radius 3 is 0.798 bits per heavy atom. The third-order valence-corrected chi connectivity index (χ3v) is 28.5. The molecule has 0 bridgehead atoms. The predicted octanol–water partition coefficient (Wildman–Crippen LogP) is 26.6. The van der Waals surface area contributed by atoms with Crippen molar-refractivity contribution < 1.29 is 42.1 Å². The van der Waals surface area contributed by atoms with Crippen LogP contribution in [0.25, 0.3) is 44.5 Å². The standard InChI is InChI=1S/2C57H63N4.2Pt/c1-35-36(2)61(34-60(35)15)57(49-26-22-41(54(9,10)11)32-45(49)46-33-42(55(12,13)14)23-27-50(46)57)38-18-16-37(17-19-38)56(51-28-29-58-59-51)47-24-20-39(52(3,4)5)30-43(47)44-31-40(53(6,7)8)21-25-48(44)56;1-35-36(2)61(34-60(35)15)57(49-25-21-39(54(9,10)11)32-45(49)46-33-40(55(12,13)14)22-26-50(46)57)42-18-16-17-41(29-42)56(51-27-28-58-59-51)47-23-19-37(52(3,4)5)30-43(47)44-31-38(53(6,7)8)20-24-48(44)56;;/h16,18-34H,1-15H3;16-28,30-34H,1-15H3;;/q2*-3;;. The van der Waals surface area contributed by atoms with Crippen molar-refractivity contribution in [2.45, 2.75) is 259 Å². The number of fused-ring (bicyclic) bond motifs is 12. The summed E-state index contributed by atoms with van der Waals surface area (Å²) < 4.78 is 0. The quantitative estimate of drug-likeness (QED) is 0.139. The first-order chi connectivity index (χ1) is 57.0. The number of hydrogen-bond donors (Lipinski definition) is 0. The normalized spacial score (nSPS) is 16.6. The van der Waals surface area contributed by atoms with E-state index in [-0.39, 0.29) is 85.5 Å². The summed E-state index contributed by atoms with van der Waals surface area (Å²) in [6.07, 6.45) is 3.69. The van der Waals surface area contributed by atoms with E-state index in [1.165, 1.54) is 162 Å². The number of benzene rings is 10. The van der Waals surface area contributed by atoms with E-state index in [1.54, 1.807) is 0 Å². The Morgan fingerprint density at radius 1 is 0.290 bits per heavy atom. The van der Waals surface area contributed by atoms with Crippen LogP contribution >= 0.6 is 0 Å². The molecule has 2 aromatic heterocycles. The van der Waals surface area contributed by atoms with Gasteiger partial charge in [-0.1, -0.05) is 324 Å². The Labute approximate surface area is 771 Å². The van der Waals surface area contributed by atoms with E-state index in [0.717, 1.165) is 28.1 Å². The molecule has 2 aliphatic heterocycles. The van der Waals surface area contributed by atoms with Gasteiger partial charge in [-0.2, -0.15) is 74.3 Å². The number of aromatic nitrogens is 4. The molecule has 0 fully saturated rings. The number of hydrogen-bond acceptors (Lipinski definition) is 6. The van der Waals surface area contributed by atoms with Crippen LogP contribution in [0.2, 0.25) is 0 Å². The third-order valence-electron chi connectivity index (χ3n) is 28.5. The van der Waals surface area contributed by atoms with Crippen molar-refractivity contribution in [1.29, 1.82) is 0 Å². The first-order valence-corrected chi connectivity index (χ1v) is 44.3. The minimum Gasteiger partial charge on any atom is -0.581 e. The second kappa shape index (κ2) is 30.2. The van der Waals surface area contributed by atoms with E-state index in [2.05, 4.69) is 457 Å². The fourth-order valence-corrected chi connectivity index (χ4v) is 20.7. The van der Waals surface area contributed by atoms with Crippen molar-refractivity contribution in [2.75, 3.05) is 14.1 Å². The van der Waals surface area contributed by atoms with Gasteiger partial charge in [0.2, 0.25) is 0 Å². The van der Waals surface area contributed by atoms with Crippen LogP contribution in [0.1, 0.15) is 317 Å². The van der Waals surface area contributed by atoms with Crippen LogP contribution in [0, 0.1) is 25.5 Å². The summed E-state index contributed by atoms with van der Waals surface area (Å²) >= 11 is 0. The molecule has 0 radical (unpaired) electrons. The molecule has 0 amide bonds. The molecule has 4 heterocycles. The van der Waals surface area contributed by atoms with Gasteiger partial charge >= 0.3 is 0 Å². The summed E-state index contributed by atoms with van der Waals surface area (Å²) in [6.45, 7) is 69.1. The van der Waals surface area contributed by atoms with Crippen LogP contribution in [0.4, 0.5) is 0 Å². The van der Waals surface area contributed by atoms with Crippen LogP contribution in [0.5, 0.6) is 0 Å². The van der Waals surface area contributed by atoms with Gasteiger partial charge in [-0.15, -0.1) is 22.3 Å². The van der Waals surface area contributed by atoms with Gasteiger partial charge in [-0.25, -0.2) is 0 Å². The smallest absolute Gasteiger partial charge is 0.0688 e. The van der Waals surface area contributed by atoms with Crippen molar-refractivity contribution >= 4 is 0 Å². The van der Waals surface area contributed by atoms with Crippen molar-refractivity contribution in [3.8, 4) is 44.5 Å². The summed E-state index contributed by atoms with van der Waals surface area (Å²) in [6, 6.07) is 84.0. The fourth-order valence-electron chi connectivity index (χ4n) is 20.7. The van der Waals surface area contributed by atoms with Crippen molar-refractivity contribution in [3.05, 3.63) is 377 Å². The molecular weight excluding hydrogens is 1870 g/mol. The molecule has 0 N–H and O–H groups in total. The van der Waals surface area contributed by atoms with Gasteiger partial charge in [-0.05, 0) is 241 Å². The zero-order valence-corrected chi connectivity index (χ0v) is 83.5. The molecule has 10 heteroatoms. The van der Waals surface area contributed by atoms with Gasteiger partial charge in [0.25, 0.3) is 0 Å². The monoisotopic (exact) mass is 2000 g/mol. The fraction of sp³-hybridized carbons (Fsp3) is 0.368. The largest absolute Gasteiger partial charge is 0.581 e. The second-order valence-corrected chi connectivity index (χ2v) is 44.3. The predicted molar refractivity (Wildman–Crippen MR) is 505 cm³/mol. The zero-order valence-electron chi connectivity index (χ0n) is 79.0. The van der Waals surface area contributed by atoms with E-state index in [1.807, 2.05) is 12.4 Å². The van der Waals surface area contributed by atoms with E-state index < -0.39 is 21.9 Å². The van der Waals surface area contributed by atoms with Crippen LogP contribution in [0.3, 0.4) is 0 Å². The van der Waals surface area contributed by atoms with E-state index >= 15 is 0 Å². The molecule has 0 unspecified atom stereocenters.